The van der Waals surface area contributed by atoms with E-state index in [2.05, 4.69) is 19.2 Å². The van der Waals surface area contributed by atoms with Crippen molar-refractivity contribution in [3.8, 4) is 0 Å². The summed E-state index contributed by atoms with van der Waals surface area (Å²) in [4.78, 5) is 12.3. The second-order valence-corrected chi connectivity index (χ2v) is 5.94. The van der Waals surface area contributed by atoms with Crippen LogP contribution >= 0.6 is 0 Å². The molecular weight excluding hydrogens is 200 g/mol. The predicted octanol–water partition coefficient (Wildman–Crippen LogP) is 1.81. The van der Waals surface area contributed by atoms with Crippen LogP contribution < -0.4 is 11.1 Å². The first-order chi connectivity index (χ1) is 7.56. The van der Waals surface area contributed by atoms with Crippen molar-refractivity contribution in [3.63, 3.8) is 0 Å². The van der Waals surface area contributed by atoms with E-state index in [1.54, 1.807) is 0 Å². The Labute approximate surface area is 98.2 Å². The Morgan fingerprint density at radius 1 is 1.44 bits per heavy atom. The molecule has 3 heteroatoms. The molecule has 0 saturated heterocycles. The number of carbonyl (C=O) groups excluding carboxylic acids is 1. The van der Waals surface area contributed by atoms with Gasteiger partial charge in [-0.2, -0.15) is 0 Å². The lowest BCUT2D eigenvalue weighted by atomic mass is 9.61. The number of amides is 1. The highest BCUT2D eigenvalue weighted by atomic mass is 16.2. The van der Waals surface area contributed by atoms with Crippen molar-refractivity contribution in [2.75, 3.05) is 6.54 Å². The average Bonchev–Trinajstić information content (AvgIpc) is 2.18. The fourth-order valence-electron chi connectivity index (χ4n) is 3.26. The predicted molar refractivity (Wildman–Crippen MR) is 64.9 cm³/mol. The molecule has 92 valence electrons. The van der Waals surface area contributed by atoms with Crippen LogP contribution in [0.25, 0.3) is 0 Å². The molecule has 0 spiro atoms. The number of carbonyl (C=O) groups is 1. The van der Waals surface area contributed by atoms with Crippen LogP contribution in [0.4, 0.5) is 0 Å². The van der Waals surface area contributed by atoms with Crippen molar-refractivity contribution < 1.29 is 4.79 Å². The Morgan fingerprint density at radius 3 is 2.38 bits per heavy atom. The zero-order chi connectivity index (χ0) is 11.8. The van der Waals surface area contributed by atoms with Crippen molar-refractivity contribution in [2.24, 2.45) is 17.1 Å². The fourth-order valence-corrected chi connectivity index (χ4v) is 3.26. The minimum atomic E-state index is -0.239. The molecule has 1 amide bonds. The highest BCUT2D eigenvalue weighted by Crippen LogP contribution is 2.46. The highest BCUT2D eigenvalue weighted by molar-refractivity contribution is 5.84. The fraction of sp³-hybridized carbons (Fsp3) is 0.923. The third kappa shape index (κ3) is 1.75. The number of nitrogens with two attached hydrogens (primary N) is 1. The van der Waals surface area contributed by atoms with Gasteiger partial charge in [0.2, 0.25) is 5.91 Å². The van der Waals surface area contributed by atoms with Crippen LogP contribution in [0.1, 0.15) is 52.4 Å². The first-order valence-electron chi connectivity index (χ1n) is 6.58. The average molecular weight is 224 g/mol. The third-order valence-electron chi connectivity index (χ3n) is 4.72. The molecule has 2 fully saturated rings. The molecule has 2 rings (SSSR count). The van der Waals surface area contributed by atoms with Gasteiger partial charge < -0.3 is 11.1 Å². The Morgan fingerprint density at radius 2 is 2.06 bits per heavy atom. The molecule has 0 aliphatic heterocycles. The van der Waals surface area contributed by atoms with Crippen molar-refractivity contribution in [2.45, 2.75) is 57.9 Å². The van der Waals surface area contributed by atoms with Crippen molar-refractivity contribution >= 4 is 5.91 Å². The lowest BCUT2D eigenvalue weighted by molar-refractivity contribution is -0.141. The molecule has 0 radical (unpaired) electrons. The summed E-state index contributed by atoms with van der Waals surface area (Å²) in [5.74, 6) is 0.878. The molecule has 16 heavy (non-hydrogen) atoms. The van der Waals surface area contributed by atoms with E-state index < -0.39 is 0 Å². The van der Waals surface area contributed by atoms with Gasteiger partial charge in [-0.25, -0.2) is 0 Å². The van der Waals surface area contributed by atoms with Gasteiger partial charge in [-0.1, -0.05) is 13.8 Å². The number of nitrogens with one attached hydrogen (secondary N) is 1. The van der Waals surface area contributed by atoms with Crippen LogP contribution in [0.15, 0.2) is 0 Å². The van der Waals surface area contributed by atoms with E-state index in [0.29, 0.717) is 12.5 Å². The monoisotopic (exact) mass is 224 g/mol. The van der Waals surface area contributed by atoms with Gasteiger partial charge in [0, 0.05) is 12.1 Å². The van der Waals surface area contributed by atoms with E-state index in [9.17, 15) is 4.79 Å². The highest BCUT2D eigenvalue weighted by Gasteiger charge is 2.49. The zero-order valence-corrected chi connectivity index (χ0v) is 10.5. The molecule has 3 nitrogen and oxygen atoms in total. The first-order valence-corrected chi connectivity index (χ1v) is 6.58. The van der Waals surface area contributed by atoms with Crippen molar-refractivity contribution in [3.05, 3.63) is 0 Å². The topological polar surface area (TPSA) is 55.1 Å². The molecule has 0 aromatic carbocycles. The largest absolute Gasteiger partial charge is 0.350 e. The van der Waals surface area contributed by atoms with E-state index in [4.69, 9.17) is 5.73 Å². The molecule has 2 aliphatic carbocycles. The molecule has 0 aromatic rings. The Bertz CT molecular complexity index is 272. The van der Waals surface area contributed by atoms with Gasteiger partial charge in [-0.05, 0) is 44.4 Å². The molecule has 0 bridgehead atoms. The maximum absolute atomic E-state index is 12.3. The van der Waals surface area contributed by atoms with Gasteiger partial charge in [0.1, 0.15) is 0 Å². The molecule has 0 unspecified atom stereocenters. The van der Waals surface area contributed by atoms with E-state index in [1.165, 1.54) is 6.42 Å². The Kier molecular flexibility index (Phi) is 2.99. The SMILES string of the molecule is CCC1(NC(=O)C2(CN)CC(C)C2)CCC1. The zero-order valence-electron chi connectivity index (χ0n) is 10.5. The van der Waals surface area contributed by atoms with Gasteiger partial charge in [0.05, 0.1) is 5.41 Å². The third-order valence-corrected chi connectivity index (χ3v) is 4.72. The second-order valence-electron chi connectivity index (χ2n) is 5.94. The van der Waals surface area contributed by atoms with Crippen molar-refractivity contribution in [1.82, 2.24) is 5.32 Å². The van der Waals surface area contributed by atoms with Gasteiger partial charge in [-0.3, -0.25) is 4.79 Å². The van der Waals surface area contributed by atoms with E-state index in [-0.39, 0.29) is 16.9 Å². The van der Waals surface area contributed by atoms with E-state index in [1.807, 2.05) is 0 Å². The quantitative estimate of drug-likeness (QED) is 0.765. The molecule has 0 aromatic heterocycles. The minimum Gasteiger partial charge on any atom is -0.350 e. The summed E-state index contributed by atoms with van der Waals surface area (Å²) in [6.07, 6.45) is 6.52. The minimum absolute atomic E-state index is 0.109. The summed E-state index contributed by atoms with van der Waals surface area (Å²) in [6, 6.07) is 0. The standard InChI is InChI=1S/C13H24N2O/c1-3-13(5-4-6-13)15-11(16)12(9-14)7-10(2)8-12/h10H,3-9,14H2,1-2H3,(H,15,16). The smallest absolute Gasteiger partial charge is 0.227 e. The number of hydrogen-bond donors (Lipinski definition) is 2. The van der Waals surface area contributed by atoms with Crippen LogP contribution in [0.5, 0.6) is 0 Å². The van der Waals surface area contributed by atoms with Crippen LogP contribution in [0.2, 0.25) is 0 Å². The molecule has 2 aliphatic rings. The van der Waals surface area contributed by atoms with Gasteiger partial charge >= 0.3 is 0 Å². The molecule has 2 saturated carbocycles. The maximum atomic E-state index is 12.3. The second kappa shape index (κ2) is 4.02. The Balaban J connectivity index is 1.97. The maximum Gasteiger partial charge on any atom is 0.227 e. The Hall–Kier alpha value is -0.570. The summed E-state index contributed by atoms with van der Waals surface area (Å²) < 4.78 is 0. The van der Waals surface area contributed by atoms with Gasteiger partial charge in [0.25, 0.3) is 0 Å². The van der Waals surface area contributed by atoms with Crippen LogP contribution in [-0.2, 0) is 4.79 Å². The summed E-state index contributed by atoms with van der Waals surface area (Å²) >= 11 is 0. The van der Waals surface area contributed by atoms with Crippen LogP contribution in [0.3, 0.4) is 0 Å². The number of rotatable bonds is 4. The summed E-state index contributed by atoms with van der Waals surface area (Å²) in [7, 11) is 0. The lowest BCUT2D eigenvalue weighted by Crippen LogP contribution is -2.61. The summed E-state index contributed by atoms with van der Waals surface area (Å²) in [5, 5.41) is 3.27. The molecular formula is C13H24N2O. The number of hydrogen-bond acceptors (Lipinski definition) is 2. The lowest BCUT2D eigenvalue weighted by Gasteiger charge is -2.49. The molecule has 0 heterocycles. The summed E-state index contributed by atoms with van der Waals surface area (Å²) in [6.45, 7) is 4.86. The molecule has 3 N–H and O–H groups in total. The van der Waals surface area contributed by atoms with Crippen LogP contribution in [-0.4, -0.2) is 18.0 Å². The van der Waals surface area contributed by atoms with E-state index >= 15 is 0 Å². The van der Waals surface area contributed by atoms with Gasteiger partial charge in [-0.15, -0.1) is 0 Å². The molecule has 0 atom stereocenters. The van der Waals surface area contributed by atoms with Gasteiger partial charge in [0.15, 0.2) is 0 Å². The first kappa shape index (κ1) is 11.9. The van der Waals surface area contributed by atoms with E-state index in [0.717, 1.165) is 32.1 Å². The normalized spacial score (nSPS) is 36.1. The van der Waals surface area contributed by atoms with Crippen LogP contribution in [0, 0.1) is 11.3 Å². The summed E-state index contributed by atoms with van der Waals surface area (Å²) in [5.41, 5.74) is 5.66. The van der Waals surface area contributed by atoms with Crippen molar-refractivity contribution in [1.29, 1.82) is 0 Å².